The first-order chi connectivity index (χ1) is 11.0. The van der Waals surface area contributed by atoms with Gasteiger partial charge in [-0.05, 0) is 38.2 Å². The van der Waals surface area contributed by atoms with Crippen molar-refractivity contribution in [2.75, 3.05) is 0 Å². The van der Waals surface area contributed by atoms with Crippen LogP contribution in [0.15, 0.2) is 30.3 Å². The first-order valence-electron chi connectivity index (χ1n) is 7.83. The number of benzene rings is 1. The van der Waals surface area contributed by atoms with Crippen LogP contribution in [-0.4, -0.2) is 13.4 Å². The van der Waals surface area contributed by atoms with Crippen molar-refractivity contribution in [2.24, 2.45) is 0 Å². The van der Waals surface area contributed by atoms with E-state index in [2.05, 4.69) is 14.4 Å². The van der Waals surface area contributed by atoms with E-state index >= 15 is 0 Å². The van der Waals surface area contributed by atoms with E-state index in [1.54, 1.807) is 11.3 Å². The fourth-order valence-electron chi connectivity index (χ4n) is 2.66. The van der Waals surface area contributed by atoms with E-state index in [4.69, 9.17) is 0 Å². The zero-order valence-electron chi connectivity index (χ0n) is 13.1. The number of aromatic nitrogens is 1. The summed E-state index contributed by atoms with van der Waals surface area (Å²) >= 11 is 1.63. The van der Waals surface area contributed by atoms with Crippen LogP contribution in [0.5, 0.6) is 0 Å². The number of thiazole rings is 1. The molecular weight excluding hydrogens is 330 g/mol. The van der Waals surface area contributed by atoms with Crippen LogP contribution in [0.1, 0.15) is 46.9 Å². The molecule has 1 aromatic heterocycles. The Kier molecular flexibility index (Phi) is 5.11. The molecule has 5 nitrogen and oxygen atoms in total. The average Bonchev–Trinajstić information content (AvgIpc) is 2.98. The van der Waals surface area contributed by atoms with Crippen LogP contribution >= 0.6 is 11.3 Å². The summed E-state index contributed by atoms with van der Waals surface area (Å²) in [6, 6.07) is 9.14. The quantitative estimate of drug-likeness (QED) is 0.840. The van der Waals surface area contributed by atoms with Gasteiger partial charge in [0.15, 0.2) is 0 Å². The number of hydrogen-bond donors (Lipinski definition) is 2. The number of rotatable bonds is 6. The third kappa shape index (κ3) is 4.38. The maximum Gasteiger partial charge on any atom is 0.277 e. The lowest BCUT2D eigenvalue weighted by Crippen LogP contribution is -2.37. The summed E-state index contributed by atoms with van der Waals surface area (Å²) in [6.07, 6.45) is 4.46. The van der Waals surface area contributed by atoms with Gasteiger partial charge in [-0.25, -0.2) is 4.98 Å². The molecule has 124 valence electrons. The minimum Gasteiger partial charge on any atom is -0.244 e. The Morgan fingerprint density at radius 2 is 1.96 bits per heavy atom. The predicted octanol–water partition coefficient (Wildman–Crippen LogP) is 2.71. The molecule has 0 saturated carbocycles. The summed E-state index contributed by atoms with van der Waals surface area (Å²) in [7, 11) is -3.56. The van der Waals surface area contributed by atoms with Gasteiger partial charge in [-0.2, -0.15) is 17.9 Å². The van der Waals surface area contributed by atoms with E-state index in [0.717, 1.165) is 29.1 Å². The van der Waals surface area contributed by atoms with Crippen molar-refractivity contribution in [2.45, 2.75) is 45.2 Å². The Bertz CT molecular complexity index is 733. The molecular formula is C16H21N3O2S2. The lowest BCUT2D eigenvalue weighted by Gasteiger charge is -2.12. The highest BCUT2D eigenvalue weighted by Crippen LogP contribution is 2.29. The molecule has 7 heteroatoms. The second-order valence-corrected chi connectivity index (χ2v) is 8.43. The van der Waals surface area contributed by atoms with E-state index in [1.165, 1.54) is 17.7 Å². The molecule has 0 amide bonds. The number of aryl methyl sites for hydroxylation is 2. The van der Waals surface area contributed by atoms with E-state index in [1.807, 2.05) is 37.3 Å². The monoisotopic (exact) mass is 351 g/mol. The van der Waals surface area contributed by atoms with Gasteiger partial charge >= 0.3 is 0 Å². The molecule has 0 aliphatic heterocycles. The highest BCUT2D eigenvalue weighted by molar-refractivity contribution is 7.87. The molecule has 1 atom stereocenters. The van der Waals surface area contributed by atoms with Gasteiger partial charge in [0.05, 0.1) is 11.7 Å². The zero-order chi connectivity index (χ0) is 16.3. The largest absolute Gasteiger partial charge is 0.277 e. The van der Waals surface area contributed by atoms with E-state index in [-0.39, 0.29) is 12.6 Å². The number of hydrogen-bond acceptors (Lipinski definition) is 4. The van der Waals surface area contributed by atoms with Crippen LogP contribution in [0, 0.1) is 0 Å². The first-order valence-corrected chi connectivity index (χ1v) is 10.1. The van der Waals surface area contributed by atoms with E-state index in [0.29, 0.717) is 0 Å². The van der Waals surface area contributed by atoms with Gasteiger partial charge in [0.1, 0.15) is 5.01 Å². The maximum absolute atomic E-state index is 12.2. The molecule has 2 aromatic rings. The standard InChI is InChI=1S/C16H21N3O2S2/c1-12(16-18-14-9-5-6-10-15(14)22-16)19-23(20,21)17-11-13-7-3-2-4-8-13/h2-4,7-8,12,17,19H,5-6,9-11H2,1H3/t12-/m0/s1. The van der Waals surface area contributed by atoms with E-state index in [9.17, 15) is 8.42 Å². The summed E-state index contributed by atoms with van der Waals surface area (Å²) in [5.41, 5.74) is 2.08. The van der Waals surface area contributed by atoms with Crippen molar-refractivity contribution in [1.82, 2.24) is 14.4 Å². The fraction of sp³-hybridized carbons (Fsp3) is 0.438. The van der Waals surface area contributed by atoms with Gasteiger partial charge in [0.2, 0.25) is 0 Å². The van der Waals surface area contributed by atoms with Crippen molar-refractivity contribution in [3.8, 4) is 0 Å². The van der Waals surface area contributed by atoms with Crippen molar-refractivity contribution >= 4 is 21.5 Å². The minimum absolute atomic E-state index is 0.275. The second-order valence-electron chi connectivity index (χ2n) is 5.78. The SMILES string of the molecule is C[C@H](NS(=O)(=O)NCc1ccccc1)c1nc2c(s1)CCCC2. The topological polar surface area (TPSA) is 71.1 Å². The van der Waals surface area contributed by atoms with Gasteiger partial charge in [-0.1, -0.05) is 30.3 Å². The molecule has 3 rings (SSSR count). The lowest BCUT2D eigenvalue weighted by atomic mass is 10.0. The molecule has 1 aliphatic carbocycles. The molecule has 1 aromatic carbocycles. The van der Waals surface area contributed by atoms with Gasteiger partial charge in [0.25, 0.3) is 10.2 Å². The Morgan fingerprint density at radius 1 is 1.22 bits per heavy atom. The Balaban J connectivity index is 1.61. The van der Waals surface area contributed by atoms with Gasteiger partial charge < -0.3 is 0 Å². The molecule has 0 saturated heterocycles. The van der Waals surface area contributed by atoms with Gasteiger partial charge in [0, 0.05) is 11.4 Å². The zero-order valence-corrected chi connectivity index (χ0v) is 14.7. The number of nitrogens with zero attached hydrogens (tertiary/aromatic N) is 1. The smallest absolute Gasteiger partial charge is 0.244 e. The average molecular weight is 351 g/mol. The van der Waals surface area contributed by atoms with Crippen LogP contribution in [0.3, 0.4) is 0 Å². The molecule has 0 spiro atoms. The summed E-state index contributed by atoms with van der Waals surface area (Å²) < 4.78 is 29.6. The Labute approximate surface area is 141 Å². The van der Waals surface area contributed by atoms with Gasteiger partial charge in [-0.15, -0.1) is 11.3 Å². The third-order valence-corrected chi connectivity index (χ3v) is 6.40. The van der Waals surface area contributed by atoms with Crippen LogP contribution in [-0.2, 0) is 29.6 Å². The highest BCUT2D eigenvalue weighted by atomic mass is 32.2. The molecule has 1 aliphatic rings. The fourth-order valence-corrected chi connectivity index (χ4v) is 4.90. The lowest BCUT2D eigenvalue weighted by molar-refractivity contribution is 0.551. The van der Waals surface area contributed by atoms with Crippen molar-refractivity contribution in [1.29, 1.82) is 0 Å². The van der Waals surface area contributed by atoms with Crippen molar-refractivity contribution < 1.29 is 8.42 Å². The normalized spacial score (nSPS) is 16.0. The molecule has 2 N–H and O–H groups in total. The van der Waals surface area contributed by atoms with Crippen LogP contribution in [0.4, 0.5) is 0 Å². The van der Waals surface area contributed by atoms with Gasteiger partial charge in [-0.3, -0.25) is 0 Å². The summed E-state index contributed by atoms with van der Waals surface area (Å²) in [4.78, 5) is 5.93. The van der Waals surface area contributed by atoms with Crippen LogP contribution < -0.4 is 9.44 Å². The third-order valence-electron chi connectivity index (χ3n) is 3.87. The number of fused-ring (bicyclic) bond motifs is 1. The summed E-state index contributed by atoms with van der Waals surface area (Å²) in [5, 5.41) is 0.849. The first kappa shape index (κ1) is 16.6. The highest BCUT2D eigenvalue weighted by Gasteiger charge is 2.21. The molecule has 1 heterocycles. The van der Waals surface area contributed by atoms with Crippen molar-refractivity contribution in [3.63, 3.8) is 0 Å². The molecule has 0 bridgehead atoms. The van der Waals surface area contributed by atoms with Crippen LogP contribution in [0.2, 0.25) is 0 Å². The Morgan fingerprint density at radius 3 is 2.70 bits per heavy atom. The van der Waals surface area contributed by atoms with Crippen LogP contribution in [0.25, 0.3) is 0 Å². The summed E-state index contributed by atoms with van der Waals surface area (Å²) in [5.74, 6) is 0. The number of nitrogens with one attached hydrogen (secondary N) is 2. The molecule has 0 radical (unpaired) electrons. The maximum atomic E-state index is 12.2. The van der Waals surface area contributed by atoms with E-state index < -0.39 is 10.2 Å². The summed E-state index contributed by atoms with van der Waals surface area (Å²) in [6.45, 7) is 2.11. The minimum atomic E-state index is -3.56. The molecule has 0 fully saturated rings. The predicted molar refractivity (Wildman–Crippen MR) is 92.5 cm³/mol. The molecule has 23 heavy (non-hydrogen) atoms. The van der Waals surface area contributed by atoms with Crippen molar-refractivity contribution in [3.05, 3.63) is 51.5 Å². The molecule has 0 unspecified atom stereocenters. The second kappa shape index (κ2) is 7.09. The Hall–Kier alpha value is -1.28.